The van der Waals surface area contributed by atoms with Gasteiger partial charge in [-0.2, -0.15) is 0 Å². The first-order chi connectivity index (χ1) is 26.2. The van der Waals surface area contributed by atoms with Gasteiger partial charge in [0, 0.05) is 11.2 Å². The van der Waals surface area contributed by atoms with Crippen LogP contribution in [0.5, 0.6) is 0 Å². The Kier molecular flexibility index (Phi) is 13.3. The molecule has 1 aliphatic heterocycles. The van der Waals surface area contributed by atoms with Gasteiger partial charge in [0.25, 0.3) is 0 Å². The minimum absolute atomic E-state index is 0.0855. The molecule has 1 aliphatic carbocycles. The second kappa shape index (κ2) is 17.6. The molecule has 2 aliphatic rings. The average Bonchev–Trinajstić information content (AvgIpc) is 3.54. The first-order valence-electron chi connectivity index (χ1n) is 19.8. The Balaban J connectivity index is 0.000000188. The fourth-order valence-electron chi connectivity index (χ4n) is 9.19. The third-order valence-corrected chi connectivity index (χ3v) is 13.3. The molecule has 5 heteroatoms. The van der Waals surface area contributed by atoms with E-state index in [-0.39, 0.29) is 16.4 Å². The van der Waals surface area contributed by atoms with Gasteiger partial charge in [-0.05, 0) is 54.2 Å². The van der Waals surface area contributed by atoms with Gasteiger partial charge in [-0.3, -0.25) is 0 Å². The van der Waals surface area contributed by atoms with E-state index in [9.17, 15) is 0 Å². The van der Waals surface area contributed by atoms with Gasteiger partial charge in [-0.1, -0.05) is 96.0 Å². The Hall–Kier alpha value is -3.07. The molecule has 0 aromatic heterocycles. The summed E-state index contributed by atoms with van der Waals surface area (Å²) < 4.78 is 2.03. The standard InChI is InChI=1S/C28H38N.C22H21N.2ClH.Ru/c1-19(2)21-12-11-13-22(20(3)4)25(21)29-18-28(17-27(29,7)8)16-26(5,6)23-14-9-10-15-24(23)28;1-19-10-8-9-15-22(19)18-23(16-20-11-4-2-5-12-20)17-21-13-6-3-7-14-21;;;/h9-15,18-20H,16-17H2,1-8H3;1-15H,16-18H2;2*1H;/q-1;;;;+2/p-2/t28-;;;;/m0..../s1. The molecule has 0 saturated carbocycles. The third kappa shape index (κ3) is 9.73. The zero-order valence-electron chi connectivity index (χ0n) is 34.0. The van der Waals surface area contributed by atoms with E-state index in [4.69, 9.17) is 19.4 Å². The van der Waals surface area contributed by atoms with Gasteiger partial charge < -0.3 is 4.90 Å². The molecule has 7 rings (SSSR count). The molecule has 0 radical (unpaired) electrons. The van der Waals surface area contributed by atoms with Crippen molar-refractivity contribution in [1.82, 2.24) is 4.90 Å². The van der Waals surface area contributed by atoms with Crippen molar-refractivity contribution in [3.05, 3.63) is 178 Å². The number of fused-ring (bicyclic) bond motifs is 2. The van der Waals surface area contributed by atoms with E-state index in [1.54, 1.807) is 5.56 Å². The molecule has 2 nitrogen and oxygen atoms in total. The van der Waals surface area contributed by atoms with Gasteiger partial charge in [0.2, 0.25) is 0 Å². The van der Waals surface area contributed by atoms with E-state index >= 15 is 0 Å². The molecule has 1 atom stereocenters. The normalized spacial score (nSPS) is 18.4. The molecule has 55 heavy (non-hydrogen) atoms. The molecule has 0 unspecified atom stereocenters. The molecular formula is C50H59Cl2N2Ru-. The van der Waals surface area contributed by atoms with E-state index in [0.717, 1.165) is 25.2 Å². The van der Waals surface area contributed by atoms with E-state index in [1.165, 1.54) is 51.9 Å². The van der Waals surface area contributed by atoms with Crippen LogP contribution in [0.25, 0.3) is 0 Å². The van der Waals surface area contributed by atoms with Crippen LogP contribution in [0.1, 0.15) is 125 Å². The summed E-state index contributed by atoms with van der Waals surface area (Å²) >= 11 is -1.85. The maximum atomic E-state index is 6.12. The van der Waals surface area contributed by atoms with Crippen molar-refractivity contribution in [3.8, 4) is 0 Å². The Bertz CT molecular complexity index is 2000. The Morgan fingerprint density at radius 1 is 0.636 bits per heavy atom. The van der Waals surface area contributed by atoms with Gasteiger partial charge in [0.1, 0.15) is 0 Å². The van der Waals surface area contributed by atoms with E-state index in [1.807, 2.05) is 10.7 Å². The second-order valence-electron chi connectivity index (χ2n) is 17.5. The van der Waals surface area contributed by atoms with E-state index in [0.29, 0.717) is 11.8 Å². The molecule has 0 bridgehead atoms. The second-order valence-corrected chi connectivity index (χ2v) is 23.2. The van der Waals surface area contributed by atoms with Crippen LogP contribution in [-0.2, 0) is 44.0 Å². The van der Waals surface area contributed by atoms with E-state index in [2.05, 4.69) is 193 Å². The van der Waals surface area contributed by atoms with Crippen LogP contribution in [0, 0.1) is 6.54 Å². The van der Waals surface area contributed by atoms with Gasteiger partial charge >= 0.3 is 169 Å². The Morgan fingerprint density at radius 2 is 1.15 bits per heavy atom. The number of rotatable bonds is 10. The van der Waals surface area contributed by atoms with Gasteiger partial charge in [0.05, 0.1) is 0 Å². The number of para-hydroxylation sites is 1. The molecular weight excluding hydrogens is 801 g/mol. The van der Waals surface area contributed by atoms with Crippen molar-refractivity contribution < 1.29 is 13.5 Å². The molecule has 5 aromatic carbocycles. The number of hydrogen-bond donors (Lipinski definition) is 0. The van der Waals surface area contributed by atoms with Crippen LogP contribution in [0.2, 0.25) is 0 Å². The summed E-state index contributed by atoms with van der Waals surface area (Å²) in [5, 5.41) is 0. The van der Waals surface area contributed by atoms with Crippen molar-refractivity contribution in [2.24, 2.45) is 0 Å². The quantitative estimate of drug-likeness (QED) is 0.102. The summed E-state index contributed by atoms with van der Waals surface area (Å²) in [4.78, 5) is 5.12. The number of halogens is 2. The fraction of sp³-hybridized carbons (Fsp3) is 0.360. The summed E-state index contributed by atoms with van der Waals surface area (Å²) in [6.45, 7) is 24.3. The predicted molar refractivity (Wildman–Crippen MR) is 235 cm³/mol. The van der Waals surface area contributed by atoms with Gasteiger partial charge in [-0.25, -0.2) is 6.54 Å². The van der Waals surface area contributed by atoms with Crippen LogP contribution in [0.15, 0.2) is 127 Å². The SMILES string of the molecule is CC(C)c1cccc(C(C)C)c1N1[CH-][C@]2(CC(C)(C)c3ccccc32)CC1(C)C.[Cl][Ru]([Cl])=[CH]c1ccccc1CN(Cc1ccccc1)Cc1ccccc1. The zero-order valence-corrected chi connectivity index (χ0v) is 37.2. The monoisotopic (exact) mass is 859 g/mol. The van der Waals surface area contributed by atoms with Crippen LogP contribution >= 0.6 is 19.4 Å². The number of benzene rings is 5. The summed E-state index contributed by atoms with van der Waals surface area (Å²) in [7, 11) is 12.2. The molecule has 5 aromatic rings. The zero-order chi connectivity index (χ0) is 39.4. The van der Waals surface area contributed by atoms with Crippen LogP contribution in [0.3, 0.4) is 0 Å². The van der Waals surface area contributed by atoms with Crippen LogP contribution in [0.4, 0.5) is 5.69 Å². The molecule has 1 spiro atoms. The van der Waals surface area contributed by atoms with Gasteiger partial charge in [0.15, 0.2) is 0 Å². The first kappa shape index (κ1) is 41.6. The summed E-state index contributed by atoms with van der Waals surface area (Å²) in [6, 6.07) is 45.7. The number of nitrogens with zero attached hydrogens (tertiary/aromatic N) is 2. The first-order valence-corrected chi connectivity index (χ1v) is 25.3. The van der Waals surface area contributed by atoms with E-state index < -0.39 is 13.5 Å². The predicted octanol–water partition coefficient (Wildman–Crippen LogP) is 13.7. The van der Waals surface area contributed by atoms with Crippen molar-refractivity contribution in [1.29, 1.82) is 0 Å². The minimum atomic E-state index is -1.85. The molecule has 1 saturated heterocycles. The van der Waals surface area contributed by atoms with Crippen molar-refractivity contribution in [3.63, 3.8) is 0 Å². The molecule has 1 fully saturated rings. The Labute approximate surface area is 345 Å². The van der Waals surface area contributed by atoms with Crippen molar-refractivity contribution in [2.75, 3.05) is 4.90 Å². The topological polar surface area (TPSA) is 6.48 Å². The molecule has 0 N–H and O–H groups in total. The van der Waals surface area contributed by atoms with Crippen LogP contribution in [-0.4, -0.2) is 15.0 Å². The fourth-order valence-corrected chi connectivity index (χ4v) is 11.1. The molecule has 1 heterocycles. The molecule has 0 amide bonds. The average molecular weight is 860 g/mol. The third-order valence-electron chi connectivity index (χ3n) is 11.4. The number of anilines is 1. The van der Waals surface area contributed by atoms with Gasteiger partial charge in [-0.15, -0.1) is 5.41 Å². The summed E-state index contributed by atoms with van der Waals surface area (Å²) in [5.41, 5.74) is 13.0. The van der Waals surface area contributed by atoms with Crippen molar-refractivity contribution >= 4 is 29.7 Å². The van der Waals surface area contributed by atoms with Crippen molar-refractivity contribution in [2.45, 2.75) is 116 Å². The number of hydrogen-bond acceptors (Lipinski definition) is 2. The van der Waals surface area contributed by atoms with Crippen LogP contribution < -0.4 is 4.90 Å². The Morgan fingerprint density at radius 3 is 1.69 bits per heavy atom. The summed E-state index contributed by atoms with van der Waals surface area (Å²) in [5.74, 6) is 1.02. The molecule has 292 valence electrons. The summed E-state index contributed by atoms with van der Waals surface area (Å²) in [6.07, 6.45) is 2.37. The maximum absolute atomic E-state index is 6.12.